The molecule has 1 heterocycles. The first-order valence-electron chi connectivity index (χ1n) is 7.68. The third-order valence-corrected chi connectivity index (χ3v) is 4.79. The summed E-state index contributed by atoms with van der Waals surface area (Å²) in [5.41, 5.74) is 7.30. The second kappa shape index (κ2) is 6.44. The van der Waals surface area contributed by atoms with E-state index in [1.807, 2.05) is 12.1 Å². The van der Waals surface area contributed by atoms with E-state index in [0.29, 0.717) is 12.6 Å². The summed E-state index contributed by atoms with van der Waals surface area (Å²) in [7, 11) is 0. The normalized spacial score (nSPS) is 22.9. The van der Waals surface area contributed by atoms with Gasteiger partial charge in [-0.1, -0.05) is 23.7 Å². The van der Waals surface area contributed by atoms with E-state index in [9.17, 15) is 0 Å². The molecular weight excluding hydrogens is 270 g/mol. The van der Waals surface area contributed by atoms with E-state index in [1.54, 1.807) is 0 Å². The molecule has 3 rings (SSSR count). The molecule has 1 saturated carbocycles. The summed E-state index contributed by atoms with van der Waals surface area (Å²) in [5, 5.41) is 0.791. The molecule has 3 nitrogen and oxygen atoms in total. The van der Waals surface area contributed by atoms with Crippen molar-refractivity contribution in [2.75, 3.05) is 39.3 Å². The Morgan fingerprint density at radius 2 is 1.75 bits per heavy atom. The second-order valence-electron chi connectivity index (χ2n) is 6.08. The van der Waals surface area contributed by atoms with Gasteiger partial charge in [-0.15, -0.1) is 0 Å². The Bertz CT molecular complexity index is 422. The number of hydrogen-bond donors (Lipinski definition) is 1. The van der Waals surface area contributed by atoms with Crippen molar-refractivity contribution in [2.24, 2.45) is 11.7 Å². The van der Waals surface area contributed by atoms with Crippen LogP contribution in [0.1, 0.15) is 24.4 Å². The van der Waals surface area contributed by atoms with Gasteiger partial charge in [-0.05, 0) is 36.5 Å². The van der Waals surface area contributed by atoms with Crippen LogP contribution in [0.2, 0.25) is 5.02 Å². The number of piperazine rings is 1. The van der Waals surface area contributed by atoms with Gasteiger partial charge in [-0.25, -0.2) is 0 Å². The van der Waals surface area contributed by atoms with Crippen molar-refractivity contribution < 1.29 is 0 Å². The molecule has 0 spiro atoms. The SMILES string of the molecule is NCC(c1ccc(Cl)cc1)N1CCN(CC2CC2)CC1. The van der Waals surface area contributed by atoms with Gasteiger partial charge in [0, 0.05) is 50.3 Å². The molecule has 0 radical (unpaired) electrons. The third-order valence-electron chi connectivity index (χ3n) is 4.54. The van der Waals surface area contributed by atoms with Crippen molar-refractivity contribution in [3.8, 4) is 0 Å². The lowest BCUT2D eigenvalue weighted by molar-refractivity contribution is 0.0956. The predicted octanol–water partition coefficient (Wildman–Crippen LogP) is 2.37. The molecule has 1 aliphatic heterocycles. The minimum absolute atomic E-state index is 0.329. The van der Waals surface area contributed by atoms with Crippen LogP contribution < -0.4 is 5.73 Å². The molecular formula is C16H24ClN3. The first-order chi connectivity index (χ1) is 9.76. The second-order valence-corrected chi connectivity index (χ2v) is 6.52. The Morgan fingerprint density at radius 1 is 1.10 bits per heavy atom. The van der Waals surface area contributed by atoms with Crippen LogP contribution in [-0.4, -0.2) is 49.1 Å². The van der Waals surface area contributed by atoms with Gasteiger partial charge in [0.15, 0.2) is 0 Å². The summed E-state index contributed by atoms with van der Waals surface area (Å²) in [4.78, 5) is 5.14. The van der Waals surface area contributed by atoms with Crippen molar-refractivity contribution in [2.45, 2.75) is 18.9 Å². The van der Waals surface area contributed by atoms with Crippen LogP contribution in [0.5, 0.6) is 0 Å². The number of halogens is 1. The molecule has 2 aliphatic rings. The zero-order chi connectivity index (χ0) is 13.9. The maximum atomic E-state index is 6.01. The van der Waals surface area contributed by atoms with Crippen molar-refractivity contribution in [3.05, 3.63) is 34.9 Å². The van der Waals surface area contributed by atoms with Gasteiger partial charge in [-0.2, -0.15) is 0 Å². The van der Waals surface area contributed by atoms with Gasteiger partial charge in [0.25, 0.3) is 0 Å². The standard InChI is InChI=1S/C16H24ClN3/c17-15-5-3-14(4-6-15)16(11-18)20-9-7-19(8-10-20)12-13-1-2-13/h3-6,13,16H,1-2,7-12,18H2. The molecule has 2 fully saturated rings. The summed E-state index contributed by atoms with van der Waals surface area (Å²) in [6, 6.07) is 8.47. The molecule has 0 amide bonds. The Kier molecular flexibility index (Phi) is 4.61. The van der Waals surface area contributed by atoms with Crippen LogP contribution >= 0.6 is 11.6 Å². The van der Waals surface area contributed by atoms with E-state index in [-0.39, 0.29) is 0 Å². The number of hydrogen-bond acceptors (Lipinski definition) is 3. The minimum atomic E-state index is 0.329. The molecule has 0 aromatic heterocycles. The Labute approximate surface area is 126 Å². The molecule has 1 aromatic rings. The molecule has 20 heavy (non-hydrogen) atoms. The van der Waals surface area contributed by atoms with E-state index in [0.717, 1.165) is 24.0 Å². The minimum Gasteiger partial charge on any atom is -0.329 e. The van der Waals surface area contributed by atoms with Crippen LogP contribution in [0.15, 0.2) is 24.3 Å². The summed E-state index contributed by atoms with van der Waals surface area (Å²) in [6.07, 6.45) is 2.88. The summed E-state index contributed by atoms with van der Waals surface area (Å²) >= 11 is 5.97. The highest BCUT2D eigenvalue weighted by molar-refractivity contribution is 6.30. The first-order valence-corrected chi connectivity index (χ1v) is 8.06. The molecule has 110 valence electrons. The largest absolute Gasteiger partial charge is 0.329 e. The van der Waals surface area contributed by atoms with E-state index < -0.39 is 0 Å². The van der Waals surface area contributed by atoms with Gasteiger partial charge < -0.3 is 10.6 Å². The maximum Gasteiger partial charge on any atom is 0.0471 e. The highest BCUT2D eigenvalue weighted by Gasteiger charge is 2.28. The van der Waals surface area contributed by atoms with Gasteiger partial charge in [0.05, 0.1) is 0 Å². The van der Waals surface area contributed by atoms with Crippen molar-refractivity contribution >= 4 is 11.6 Å². The fraction of sp³-hybridized carbons (Fsp3) is 0.625. The molecule has 2 N–H and O–H groups in total. The zero-order valence-electron chi connectivity index (χ0n) is 12.0. The average molecular weight is 294 g/mol. The van der Waals surface area contributed by atoms with Crippen LogP contribution in [0, 0.1) is 5.92 Å². The molecule has 4 heteroatoms. The number of nitrogens with two attached hydrogens (primary N) is 1. The lowest BCUT2D eigenvalue weighted by Crippen LogP contribution is -2.49. The van der Waals surface area contributed by atoms with E-state index >= 15 is 0 Å². The smallest absolute Gasteiger partial charge is 0.0471 e. The fourth-order valence-electron chi connectivity index (χ4n) is 3.10. The highest BCUT2D eigenvalue weighted by Crippen LogP contribution is 2.30. The average Bonchev–Trinajstić information content (AvgIpc) is 3.27. The lowest BCUT2D eigenvalue weighted by atomic mass is 10.0. The zero-order valence-corrected chi connectivity index (χ0v) is 12.7. The Balaban J connectivity index is 1.58. The van der Waals surface area contributed by atoms with Gasteiger partial charge in [-0.3, -0.25) is 4.90 Å². The summed E-state index contributed by atoms with van der Waals surface area (Å²) < 4.78 is 0. The molecule has 1 aliphatic carbocycles. The first kappa shape index (κ1) is 14.3. The molecule has 1 unspecified atom stereocenters. The van der Waals surface area contributed by atoms with E-state index in [1.165, 1.54) is 38.0 Å². The quantitative estimate of drug-likeness (QED) is 0.905. The Morgan fingerprint density at radius 3 is 2.30 bits per heavy atom. The summed E-state index contributed by atoms with van der Waals surface area (Å²) in [6.45, 7) is 6.59. The highest BCUT2D eigenvalue weighted by atomic mass is 35.5. The van der Waals surface area contributed by atoms with E-state index in [4.69, 9.17) is 17.3 Å². The molecule has 0 bridgehead atoms. The van der Waals surface area contributed by atoms with Crippen LogP contribution in [0.4, 0.5) is 0 Å². The monoisotopic (exact) mass is 293 g/mol. The maximum absolute atomic E-state index is 6.01. The Hall–Kier alpha value is -0.610. The van der Waals surface area contributed by atoms with Crippen molar-refractivity contribution in [1.29, 1.82) is 0 Å². The summed E-state index contributed by atoms with van der Waals surface area (Å²) in [5.74, 6) is 0.989. The van der Waals surface area contributed by atoms with Crippen LogP contribution in [0.25, 0.3) is 0 Å². The van der Waals surface area contributed by atoms with Crippen LogP contribution in [0.3, 0.4) is 0 Å². The van der Waals surface area contributed by atoms with Crippen molar-refractivity contribution in [3.63, 3.8) is 0 Å². The van der Waals surface area contributed by atoms with Gasteiger partial charge in [0.1, 0.15) is 0 Å². The van der Waals surface area contributed by atoms with Crippen molar-refractivity contribution in [1.82, 2.24) is 9.80 Å². The third kappa shape index (κ3) is 3.53. The van der Waals surface area contributed by atoms with E-state index in [2.05, 4.69) is 21.9 Å². The number of benzene rings is 1. The molecule has 1 saturated heterocycles. The topological polar surface area (TPSA) is 32.5 Å². The predicted molar refractivity (Wildman–Crippen MR) is 84.0 cm³/mol. The molecule has 1 aromatic carbocycles. The molecule has 1 atom stereocenters. The van der Waals surface area contributed by atoms with Crippen LogP contribution in [-0.2, 0) is 0 Å². The van der Waals surface area contributed by atoms with Gasteiger partial charge in [0.2, 0.25) is 0 Å². The lowest BCUT2D eigenvalue weighted by Gasteiger charge is -2.39. The number of nitrogens with zero attached hydrogens (tertiary/aromatic N) is 2. The van der Waals surface area contributed by atoms with Gasteiger partial charge >= 0.3 is 0 Å². The fourth-order valence-corrected chi connectivity index (χ4v) is 3.23. The number of rotatable bonds is 5.